The molecule has 8 heteroatoms. The minimum absolute atomic E-state index is 0.0210. The molecule has 3 aromatic rings. The number of carbonyl (C=O) groups excluding carboxylic acids is 1. The van der Waals surface area contributed by atoms with Gasteiger partial charge in [-0.3, -0.25) is 9.78 Å². The first kappa shape index (κ1) is 22.6. The lowest BCUT2D eigenvalue weighted by Crippen LogP contribution is -2.35. The fourth-order valence-corrected chi connectivity index (χ4v) is 6.18. The Morgan fingerprint density at radius 2 is 1.84 bits per heavy atom. The number of rotatable bonds is 7. The molecule has 0 N–H and O–H groups in total. The Hall–Kier alpha value is -2.58. The number of pyridine rings is 1. The molecule has 4 nitrogen and oxygen atoms in total. The smallest absolute Gasteiger partial charge is 0.265 e. The number of nitrogens with zero attached hydrogens (tertiary/aromatic N) is 2. The van der Waals surface area contributed by atoms with Crippen LogP contribution in [0.3, 0.4) is 0 Å². The maximum atomic E-state index is 14.4. The fraction of sp³-hybridized carbons (Fsp3) is 0.250. The Morgan fingerprint density at radius 1 is 1.06 bits per heavy atom. The molecule has 1 fully saturated rings. The monoisotopic (exact) mass is 472 g/mol. The number of thioether (sulfide) groups is 2. The van der Waals surface area contributed by atoms with Gasteiger partial charge in [-0.2, -0.15) is 0 Å². The van der Waals surface area contributed by atoms with Crippen LogP contribution in [0.4, 0.5) is 14.5 Å². The quantitative estimate of drug-likeness (QED) is 0.432. The molecule has 0 radical (unpaired) electrons. The largest absolute Gasteiger partial charge is 0.484 e. The van der Waals surface area contributed by atoms with Gasteiger partial charge in [-0.05, 0) is 59.9 Å². The van der Waals surface area contributed by atoms with E-state index in [0.717, 1.165) is 23.6 Å². The molecule has 1 saturated heterocycles. The Bertz CT molecular complexity index is 1050. The number of amides is 1. The highest BCUT2D eigenvalue weighted by atomic mass is 32.2. The van der Waals surface area contributed by atoms with Crippen LogP contribution in [-0.2, 0) is 11.3 Å². The first-order valence-corrected chi connectivity index (χ1v) is 12.3. The number of carbonyl (C=O) groups is 1. The summed E-state index contributed by atoms with van der Waals surface area (Å²) in [6.45, 7) is -0.240. The second-order valence-electron chi connectivity index (χ2n) is 7.18. The number of hydrogen-bond donors (Lipinski definition) is 0. The minimum Gasteiger partial charge on any atom is -0.484 e. The van der Waals surface area contributed by atoms with E-state index < -0.39 is 17.5 Å². The highest BCUT2D eigenvalue weighted by Gasteiger charge is 2.22. The van der Waals surface area contributed by atoms with Crippen LogP contribution in [0.1, 0.15) is 22.3 Å². The summed E-state index contributed by atoms with van der Waals surface area (Å²) in [6, 6.07) is 16.1. The van der Waals surface area contributed by atoms with Crippen molar-refractivity contribution in [3.05, 3.63) is 89.8 Å². The summed E-state index contributed by atoms with van der Waals surface area (Å²) in [5, 5.41) is 0. The van der Waals surface area contributed by atoms with Gasteiger partial charge in [0.05, 0.1) is 22.5 Å². The van der Waals surface area contributed by atoms with Crippen LogP contribution in [0, 0.1) is 11.6 Å². The molecule has 0 unspecified atom stereocenters. The molecular weight excluding hydrogens is 450 g/mol. The standard InChI is InChI=1S/C24H22F2N2O2S2/c25-18-7-10-22(21(26)14-18)28(15-19-4-1-2-11-27-19)23(29)16-30-20-8-5-17(6-9-20)24-31-12-3-13-32-24/h1-2,4-11,14,24H,3,12-13,15-16H2. The lowest BCUT2D eigenvalue weighted by atomic mass is 10.2. The Kier molecular flexibility index (Phi) is 7.65. The van der Waals surface area contributed by atoms with Crippen molar-refractivity contribution in [3.63, 3.8) is 0 Å². The summed E-state index contributed by atoms with van der Waals surface area (Å²) < 4.78 is 34.0. The molecule has 1 aliphatic heterocycles. The van der Waals surface area contributed by atoms with Gasteiger partial charge in [-0.25, -0.2) is 8.78 Å². The molecule has 2 heterocycles. The van der Waals surface area contributed by atoms with Gasteiger partial charge in [-0.1, -0.05) is 18.2 Å². The van der Waals surface area contributed by atoms with Crippen molar-refractivity contribution >= 4 is 35.1 Å². The van der Waals surface area contributed by atoms with Crippen LogP contribution in [0.5, 0.6) is 5.75 Å². The number of hydrogen-bond acceptors (Lipinski definition) is 5. The van der Waals surface area contributed by atoms with E-state index in [2.05, 4.69) is 4.98 Å². The predicted molar refractivity (Wildman–Crippen MR) is 126 cm³/mol. The van der Waals surface area contributed by atoms with Gasteiger partial charge in [0, 0.05) is 12.3 Å². The van der Waals surface area contributed by atoms with Crippen LogP contribution < -0.4 is 9.64 Å². The first-order chi connectivity index (χ1) is 15.6. The SMILES string of the molecule is O=C(COc1ccc(C2SCCCS2)cc1)N(Cc1ccccn1)c1ccc(F)cc1F. The predicted octanol–water partition coefficient (Wildman–Crippen LogP) is 5.84. The van der Waals surface area contributed by atoms with Gasteiger partial charge >= 0.3 is 0 Å². The van der Waals surface area contributed by atoms with Crippen LogP contribution in [-0.4, -0.2) is 29.0 Å². The van der Waals surface area contributed by atoms with Gasteiger partial charge in [0.25, 0.3) is 5.91 Å². The first-order valence-electron chi connectivity index (χ1n) is 10.2. The topological polar surface area (TPSA) is 42.4 Å². The van der Waals surface area contributed by atoms with Crippen molar-refractivity contribution < 1.29 is 18.3 Å². The van der Waals surface area contributed by atoms with Crippen molar-refractivity contribution in [1.29, 1.82) is 0 Å². The second-order valence-corrected chi connectivity index (χ2v) is 9.91. The van der Waals surface area contributed by atoms with Crippen LogP contribution in [0.15, 0.2) is 66.9 Å². The Balaban J connectivity index is 1.46. The van der Waals surface area contributed by atoms with E-state index in [1.807, 2.05) is 47.8 Å². The van der Waals surface area contributed by atoms with Gasteiger partial charge < -0.3 is 9.64 Å². The molecule has 4 rings (SSSR count). The van der Waals surface area contributed by atoms with Crippen LogP contribution in [0.2, 0.25) is 0 Å². The molecule has 0 bridgehead atoms. The zero-order chi connectivity index (χ0) is 22.3. The maximum Gasteiger partial charge on any atom is 0.265 e. The molecular formula is C24H22F2N2O2S2. The van der Waals surface area contributed by atoms with E-state index in [0.29, 0.717) is 16.0 Å². The molecule has 1 aromatic heterocycles. The molecule has 32 heavy (non-hydrogen) atoms. The van der Waals surface area contributed by atoms with Crippen molar-refractivity contribution in [2.45, 2.75) is 17.5 Å². The van der Waals surface area contributed by atoms with Crippen LogP contribution in [0.25, 0.3) is 0 Å². The van der Waals surface area contributed by atoms with Crippen molar-refractivity contribution in [3.8, 4) is 5.75 Å². The maximum absolute atomic E-state index is 14.4. The molecule has 2 aromatic carbocycles. The molecule has 0 spiro atoms. The number of halogens is 2. The average Bonchev–Trinajstić information content (AvgIpc) is 2.83. The van der Waals surface area contributed by atoms with E-state index in [1.54, 1.807) is 24.4 Å². The summed E-state index contributed by atoms with van der Waals surface area (Å²) >= 11 is 3.88. The number of ether oxygens (including phenoxy) is 1. The second kappa shape index (κ2) is 10.8. The summed E-state index contributed by atoms with van der Waals surface area (Å²) in [4.78, 5) is 18.4. The highest BCUT2D eigenvalue weighted by molar-refractivity contribution is 8.16. The molecule has 166 valence electrons. The molecule has 1 amide bonds. The number of aromatic nitrogens is 1. The average molecular weight is 473 g/mol. The third-order valence-corrected chi connectivity index (χ3v) is 7.90. The lowest BCUT2D eigenvalue weighted by molar-refractivity contribution is -0.120. The fourth-order valence-electron chi connectivity index (χ4n) is 3.29. The summed E-state index contributed by atoms with van der Waals surface area (Å²) in [5.74, 6) is 0.907. The molecule has 0 saturated carbocycles. The van der Waals surface area contributed by atoms with E-state index in [9.17, 15) is 13.6 Å². The third kappa shape index (κ3) is 5.81. The number of benzene rings is 2. The van der Waals surface area contributed by atoms with Crippen molar-refractivity contribution in [2.24, 2.45) is 0 Å². The summed E-state index contributed by atoms with van der Waals surface area (Å²) in [6.07, 6.45) is 2.83. The van der Waals surface area contributed by atoms with Gasteiger partial charge in [0.15, 0.2) is 6.61 Å². The van der Waals surface area contributed by atoms with E-state index in [1.165, 1.54) is 23.0 Å². The molecule has 1 aliphatic rings. The summed E-state index contributed by atoms with van der Waals surface area (Å²) in [5.41, 5.74) is 1.78. The van der Waals surface area contributed by atoms with Crippen molar-refractivity contribution in [1.82, 2.24) is 4.98 Å². The zero-order valence-corrected chi connectivity index (χ0v) is 18.9. The highest BCUT2D eigenvalue weighted by Crippen LogP contribution is 2.43. The third-order valence-electron chi connectivity index (χ3n) is 4.89. The lowest BCUT2D eigenvalue weighted by Gasteiger charge is -2.23. The van der Waals surface area contributed by atoms with Crippen LogP contribution >= 0.6 is 23.5 Å². The van der Waals surface area contributed by atoms with E-state index in [4.69, 9.17) is 4.74 Å². The molecule has 0 aliphatic carbocycles. The zero-order valence-electron chi connectivity index (χ0n) is 17.2. The Morgan fingerprint density at radius 3 is 2.53 bits per heavy atom. The van der Waals surface area contributed by atoms with E-state index in [-0.39, 0.29) is 18.8 Å². The van der Waals surface area contributed by atoms with Gasteiger partial charge in [0.1, 0.15) is 17.4 Å². The van der Waals surface area contributed by atoms with E-state index >= 15 is 0 Å². The normalized spacial score (nSPS) is 14.2. The van der Waals surface area contributed by atoms with Gasteiger partial charge in [0.2, 0.25) is 0 Å². The minimum atomic E-state index is -0.818. The van der Waals surface area contributed by atoms with Crippen molar-refractivity contribution in [2.75, 3.05) is 23.0 Å². The number of anilines is 1. The molecule has 0 atom stereocenters. The summed E-state index contributed by atoms with van der Waals surface area (Å²) in [7, 11) is 0. The Labute approximate surface area is 194 Å². The van der Waals surface area contributed by atoms with Gasteiger partial charge in [-0.15, -0.1) is 23.5 Å².